The number of nitriles is 1. The number of benzene rings is 1. The Balaban J connectivity index is 0.000000251. The Morgan fingerprint density at radius 2 is 1.64 bits per heavy atom. The Labute approximate surface area is 172 Å². The maximum Gasteiger partial charge on any atom is 0.143 e. The van der Waals surface area contributed by atoms with Gasteiger partial charge in [-0.2, -0.15) is 5.26 Å². The molecule has 0 spiro atoms. The average Bonchev–Trinajstić information content (AvgIpc) is 2.70. The van der Waals surface area contributed by atoms with Crippen LogP contribution < -0.4 is 4.90 Å². The normalized spacial score (nSPS) is 17.5. The number of nitrogens with zero attached hydrogens (tertiary/aromatic N) is 3. The van der Waals surface area contributed by atoms with E-state index in [0.29, 0.717) is 0 Å². The second-order valence-corrected chi connectivity index (χ2v) is 8.04. The van der Waals surface area contributed by atoms with Gasteiger partial charge in [-0.15, -0.1) is 0 Å². The number of rotatable bonds is 3. The van der Waals surface area contributed by atoms with E-state index >= 15 is 0 Å². The third-order valence-electron chi connectivity index (χ3n) is 5.44. The van der Waals surface area contributed by atoms with Crippen molar-refractivity contribution >= 4 is 11.5 Å². The molecule has 156 valence electrons. The van der Waals surface area contributed by atoms with Gasteiger partial charge >= 0.3 is 0 Å². The number of piperazine rings is 1. The Hall–Kier alpha value is -1.86. The average molecular weight is 386 g/mol. The molecule has 1 saturated heterocycles. The molecule has 0 radical (unpaired) electrons. The molecule has 1 saturated carbocycles. The van der Waals surface area contributed by atoms with E-state index in [1.54, 1.807) is 6.07 Å². The maximum atomic E-state index is 9.82. The molecule has 0 atom stereocenters. The first kappa shape index (κ1) is 24.2. The zero-order valence-electron chi connectivity index (χ0n) is 18.4. The molecule has 0 unspecified atom stereocenters. The standard InChI is InChI=1S/C13H20N2.C7H14.C4H5NO/c1-3-14-8-10-15(11-9-14)13-6-4-12(2)5-7-13;1-7-5-3-2-4-6-7;1-4(6)2-3-5/h4-7H,3,8-11H2,1-2H3;7H,2-6H2,1H3;2H2,1H3. The smallest absolute Gasteiger partial charge is 0.143 e. The van der Waals surface area contributed by atoms with Gasteiger partial charge in [0.25, 0.3) is 0 Å². The van der Waals surface area contributed by atoms with Crippen molar-refractivity contribution in [3.05, 3.63) is 29.8 Å². The van der Waals surface area contributed by atoms with Gasteiger partial charge in [-0.25, -0.2) is 0 Å². The molecular weight excluding hydrogens is 346 g/mol. The summed E-state index contributed by atoms with van der Waals surface area (Å²) in [5, 5.41) is 7.77. The minimum atomic E-state index is -0.0718. The van der Waals surface area contributed by atoms with E-state index in [0.717, 1.165) is 19.0 Å². The summed E-state index contributed by atoms with van der Waals surface area (Å²) in [5.74, 6) is 0.964. The minimum Gasteiger partial charge on any atom is -0.369 e. The zero-order valence-corrected chi connectivity index (χ0v) is 18.4. The number of anilines is 1. The fraction of sp³-hybridized carbons (Fsp3) is 0.667. The van der Waals surface area contributed by atoms with Crippen molar-refractivity contribution in [1.82, 2.24) is 4.90 Å². The summed E-state index contributed by atoms with van der Waals surface area (Å²) < 4.78 is 0. The molecule has 0 N–H and O–H groups in total. The number of carbonyl (C=O) groups is 1. The highest BCUT2D eigenvalue weighted by molar-refractivity contribution is 5.77. The van der Waals surface area contributed by atoms with Crippen molar-refractivity contribution in [3.63, 3.8) is 0 Å². The van der Waals surface area contributed by atoms with Gasteiger partial charge in [0.15, 0.2) is 0 Å². The highest BCUT2D eigenvalue weighted by Crippen LogP contribution is 2.22. The lowest BCUT2D eigenvalue weighted by Crippen LogP contribution is -2.46. The highest BCUT2D eigenvalue weighted by Gasteiger charge is 2.15. The number of carbonyl (C=O) groups excluding carboxylic acids is 1. The fourth-order valence-corrected chi connectivity index (χ4v) is 3.50. The Morgan fingerprint density at radius 1 is 1.07 bits per heavy atom. The first-order valence-electron chi connectivity index (χ1n) is 10.9. The maximum absolute atomic E-state index is 9.82. The van der Waals surface area contributed by atoms with Gasteiger partial charge in [0.1, 0.15) is 5.78 Å². The minimum absolute atomic E-state index is 0.0417. The number of ketones is 1. The van der Waals surface area contributed by atoms with Gasteiger partial charge in [0.2, 0.25) is 0 Å². The second kappa shape index (κ2) is 14.2. The van der Waals surface area contributed by atoms with Crippen molar-refractivity contribution in [3.8, 4) is 6.07 Å². The summed E-state index contributed by atoms with van der Waals surface area (Å²) in [7, 11) is 0. The van der Waals surface area contributed by atoms with E-state index < -0.39 is 0 Å². The monoisotopic (exact) mass is 385 g/mol. The SMILES string of the molecule is CC(=O)CC#N.CC1CCCCC1.CCN1CCN(c2ccc(C)cc2)CC1. The van der Waals surface area contributed by atoms with Crippen LogP contribution in [-0.2, 0) is 4.79 Å². The number of likely N-dealkylation sites (N-methyl/N-ethyl adjacent to an activating group) is 1. The summed E-state index contributed by atoms with van der Waals surface area (Å²) >= 11 is 0. The van der Waals surface area contributed by atoms with Crippen LogP contribution in [0.15, 0.2) is 24.3 Å². The van der Waals surface area contributed by atoms with Crippen LogP contribution in [0.25, 0.3) is 0 Å². The van der Waals surface area contributed by atoms with E-state index in [1.807, 2.05) is 0 Å². The summed E-state index contributed by atoms with van der Waals surface area (Å²) in [6.45, 7) is 14.0. The molecule has 1 aliphatic heterocycles. The Bertz CT molecular complexity index is 577. The van der Waals surface area contributed by atoms with Crippen LogP contribution in [0.2, 0.25) is 0 Å². The molecule has 0 amide bonds. The van der Waals surface area contributed by atoms with Gasteiger partial charge in [-0.05, 0) is 38.4 Å². The van der Waals surface area contributed by atoms with E-state index in [2.05, 4.69) is 54.8 Å². The molecule has 2 aliphatic rings. The van der Waals surface area contributed by atoms with Crippen LogP contribution >= 0.6 is 0 Å². The van der Waals surface area contributed by atoms with E-state index in [9.17, 15) is 4.79 Å². The first-order valence-corrected chi connectivity index (χ1v) is 10.9. The Kier molecular flexibility index (Phi) is 12.2. The molecule has 1 aliphatic carbocycles. The van der Waals surface area contributed by atoms with Gasteiger partial charge in [-0.3, -0.25) is 4.79 Å². The molecular formula is C24H39N3O. The molecule has 1 aromatic rings. The number of hydrogen-bond acceptors (Lipinski definition) is 4. The lowest BCUT2D eigenvalue weighted by Gasteiger charge is -2.35. The zero-order chi connectivity index (χ0) is 20.8. The van der Waals surface area contributed by atoms with Crippen molar-refractivity contribution in [2.45, 2.75) is 66.2 Å². The molecule has 0 aromatic heterocycles. The summed E-state index contributed by atoms with van der Waals surface area (Å²) in [4.78, 5) is 14.8. The molecule has 4 nitrogen and oxygen atoms in total. The second-order valence-electron chi connectivity index (χ2n) is 8.04. The first-order chi connectivity index (χ1) is 13.5. The van der Waals surface area contributed by atoms with Crippen molar-refractivity contribution in [2.24, 2.45) is 5.92 Å². The molecule has 1 heterocycles. The molecule has 3 rings (SSSR count). The Morgan fingerprint density at radius 3 is 2.00 bits per heavy atom. The van der Waals surface area contributed by atoms with Gasteiger partial charge in [0.05, 0.1) is 12.5 Å². The summed E-state index contributed by atoms with van der Waals surface area (Å²) in [6.07, 6.45) is 7.48. The van der Waals surface area contributed by atoms with Crippen molar-refractivity contribution < 1.29 is 4.79 Å². The van der Waals surface area contributed by atoms with E-state index in [-0.39, 0.29) is 12.2 Å². The lowest BCUT2D eigenvalue weighted by molar-refractivity contribution is -0.116. The molecule has 1 aromatic carbocycles. The van der Waals surface area contributed by atoms with Crippen LogP contribution in [0, 0.1) is 24.2 Å². The number of Topliss-reactive ketones (excluding diaryl/α,β-unsaturated/α-hetero) is 1. The van der Waals surface area contributed by atoms with Crippen LogP contribution in [0.3, 0.4) is 0 Å². The summed E-state index contributed by atoms with van der Waals surface area (Å²) in [5.41, 5.74) is 2.71. The number of aryl methyl sites for hydroxylation is 1. The summed E-state index contributed by atoms with van der Waals surface area (Å²) in [6, 6.07) is 10.6. The highest BCUT2D eigenvalue weighted by atomic mass is 16.1. The molecule has 0 bridgehead atoms. The van der Waals surface area contributed by atoms with Crippen molar-refractivity contribution in [2.75, 3.05) is 37.6 Å². The van der Waals surface area contributed by atoms with Crippen LogP contribution in [0.4, 0.5) is 5.69 Å². The largest absolute Gasteiger partial charge is 0.369 e. The third-order valence-corrected chi connectivity index (χ3v) is 5.44. The van der Waals surface area contributed by atoms with E-state index in [1.165, 1.54) is 69.9 Å². The topological polar surface area (TPSA) is 47.3 Å². The van der Waals surface area contributed by atoms with Gasteiger partial charge in [0, 0.05) is 31.9 Å². The molecule has 4 heteroatoms. The quantitative estimate of drug-likeness (QED) is 0.716. The van der Waals surface area contributed by atoms with Gasteiger partial charge in [-0.1, -0.05) is 63.6 Å². The van der Waals surface area contributed by atoms with Crippen LogP contribution in [0.1, 0.15) is 64.9 Å². The fourth-order valence-electron chi connectivity index (χ4n) is 3.50. The van der Waals surface area contributed by atoms with Crippen molar-refractivity contribution in [1.29, 1.82) is 5.26 Å². The molecule has 28 heavy (non-hydrogen) atoms. The van der Waals surface area contributed by atoms with E-state index in [4.69, 9.17) is 5.26 Å². The third kappa shape index (κ3) is 10.5. The predicted molar refractivity (Wildman–Crippen MR) is 119 cm³/mol. The molecule has 2 fully saturated rings. The van der Waals surface area contributed by atoms with Crippen LogP contribution in [0.5, 0.6) is 0 Å². The van der Waals surface area contributed by atoms with Crippen LogP contribution in [-0.4, -0.2) is 43.4 Å². The predicted octanol–water partition coefficient (Wildman–Crippen LogP) is 5.21. The number of hydrogen-bond donors (Lipinski definition) is 0. The lowest BCUT2D eigenvalue weighted by atomic mass is 9.91. The van der Waals surface area contributed by atoms with Gasteiger partial charge < -0.3 is 9.80 Å².